The minimum absolute atomic E-state index is 0.270. The number of rotatable bonds is 8. The van der Waals surface area contributed by atoms with E-state index >= 15 is 0 Å². The predicted molar refractivity (Wildman–Crippen MR) is 54.6 cm³/mol. The molecule has 0 aliphatic carbocycles. The molecule has 2 nitrogen and oxygen atoms in total. The molecule has 0 fully saturated rings. The monoisotopic (exact) mass is 184 g/mol. The van der Waals surface area contributed by atoms with Gasteiger partial charge < -0.3 is 5.11 Å². The number of aldehydes is 1. The molecule has 0 saturated carbocycles. The fourth-order valence-corrected chi connectivity index (χ4v) is 1.22. The average molecular weight is 184 g/mol. The number of hydrogen-bond donors (Lipinski definition) is 1. The Kier molecular flexibility index (Phi) is 9.00. The van der Waals surface area contributed by atoms with Crippen LogP contribution in [0.2, 0.25) is 0 Å². The van der Waals surface area contributed by atoms with Crippen LogP contribution in [0.5, 0.6) is 0 Å². The highest BCUT2D eigenvalue weighted by Gasteiger charge is 2.00. The van der Waals surface area contributed by atoms with E-state index in [1.807, 2.05) is 0 Å². The molecule has 76 valence electrons. The number of allylic oxidation sites excluding steroid dienone is 1. The van der Waals surface area contributed by atoms with E-state index in [4.69, 9.17) is 0 Å². The van der Waals surface area contributed by atoms with Gasteiger partial charge in [-0.2, -0.15) is 0 Å². The highest BCUT2D eigenvalue weighted by Crippen LogP contribution is 2.07. The first-order valence-electron chi connectivity index (χ1n) is 5.09. The summed E-state index contributed by atoms with van der Waals surface area (Å²) in [5.74, 6) is 0. The fraction of sp³-hybridized carbons (Fsp3) is 0.727. The van der Waals surface area contributed by atoms with Gasteiger partial charge in [0.25, 0.3) is 0 Å². The molecule has 0 saturated heterocycles. The van der Waals surface area contributed by atoms with Crippen molar-refractivity contribution in [3.8, 4) is 0 Å². The van der Waals surface area contributed by atoms with Gasteiger partial charge in [0.15, 0.2) is 0 Å². The lowest BCUT2D eigenvalue weighted by Crippen LogP contribution is -2.04. The van der Waals surface area contributed by atoms with Gasteiger partial charge in [0.05, 0.1) is 6.10 Å². The van der Waals surface area contributed by atoms with Gasteiger partial charge >= 0.3 is 0 Å². The lowest BCUT2D eigenvalue weighted by molar-refractivity contribution is -0.104. The van der Waals surface area contributed by atoms with Crippen molar-refractivity contribution in [1.82, 2.24) is 0 Å². The maximum atomic E-state index is 9.92. The zero-order valence-electron chi connectivity index (χ0n) is 8.41. The van der Waals surface area contributed by atoms with E-state index in [0.717, 1.165) is 19.1 Å². The summed E-state index contributed by atoms with van der Waals surface area (Å²) in [5, 5.41) is 9.41. The van der Waals surface area contributed by atoms with E-state index in [1.165, 1.54) is 25.3 Å². The lowest BCUT2D eigenvalue weighted by Gasteiger charge is -2.06. The van der Waals surface area contributed by atoms with Crippen molar-refractivity contribution in [3.05, 3.63) is 12.2 Å². The first-order valence-corrected chi connectivity index (χ1v) is 5.09. The van der Waals surface area contributed by atoms with Gasteiger partial charge in [0, 0.05) is 0 Å². The SMILES string of the molecule is CCCCCCC(O)CC=CC=O. The van der Waals surface area contributed by atoms with Crippen molar-refractivity contribution < 1.29 is 9.90 Å². The summed E-state index contributed by atoms with van der Waals surface area (Å²) in [6.45, 7) is 2.17. The van der Waals surface area contributed by atoms with Crippen LogP contribution in [0.4, 0.5) is 0 Å². The second-order valence-corrected chi connectivity index (χ2v) is 3.30. The first kappa shape index (κ1) is 12.4. The molecule has 0 aromatic carbocycles. The van der Waals surface area contributed by atoms with Crippen molar-refractivity contribution in [1.29, 1.82) is 0 Å². The number of unbranched alkanes of at least 4 members (excludes halogenated alkanes) is 3. The van der Waals surface area contributed by atoms with Gasteiger partial charge in [0.2, 0.25) is 0 Å². The Morgan fingerprint density at radius 3 is 2.69 bits per heavy atom. The van der Waals surface area contributed by atoms with Crippen LogP contribution in [0.25, 0.3) is 0 Å². The number of hydrogen-bond acceptors (Lipinski definition) is 2. The highest BCUT2D eigenvalue weighted by atomic mass is 16.3. The summed E-state index contributed by atoms with van der Waals surface area (Å²) in [6, 6.07) is 0. The molecule has 1 unspecified atom stereocenters. The molecule has 0 aliphatic rings. The summed E-state index contributed by atoms with van der Waals surface area (Å²) >= 11 is 0. The van der Waals surface area contributed by atoms with Crippen molar-refractivity contribution in [2.24, 2.45) is 0 Å². The van der Waals surface area contributed by atoms with Crippen LogP contribution < -0.4 is 0 Å². The van der Waals surface area contributed by atoms with E-state index in [2.05, 4.69) is 6.92 Å². The quantitative estimate of drug-likeness (QED) is 0.357. The number of aliphatic hydroxyl groups is 1. The minimum Gasteiger partial charge on any atom is -0.393 e. The van der Waals surface area contributed by atoms with E-state index in [0.29, 0.717) is 6.42 Å². The van der Waals surface area contributed by atoms with E-state index in [9.17, 15) is 9.90 Å². The third kappa shape index (κ3) is 9.28. The lowest BCUT2D eigenvalue weighted by atomic mass is 10.1. The Morgan fingerprint density at radius 2 is 2.08 bits per heavy atom. The molecule has 0 spiro atoms. The van der Waals surface area contributed by atoms with E-state index < -0.39 is 0 Å². The summed E-state index contributed by atoms with van der Waals surface area (Å²) in [4.78, 5) is 9.92. The largest absolute Gasteiger partial charge is 0.393 e. The minimum atomic E-state index is -0.270. The molecule has 1 N–H and O–H groups in total. The van der Waals surface area contributed by atoms with Crippen LogP contribution in [0.3, 0.4) is 0 Å². The maximum Gasteiger partial charge on any atom is 0.142 e. The van der Waals surface area contributed by atoms with Crippen molar-refractivity contribution in [2.45, 2.75) is 51.6 Å². The normalized spacial score (nSPS) is 13.4. The second kappa shape index (κ2) is 9.46. The Morgan fingerprint density at radius 1 is 1.31 bits per heavy atom. The molecular formula is C11H20O2. The van der Waals surface area contributed by atoms with Crippen LogP contribution in [0.15, 0.2) is 12.2 Å². The first-order chi connectivity index (χ1) is 6.31. The van der Waals surface area contributed by atoms with Crippen LogP contribution in [-0.2, 0) is 4.79 Å². The smallest absolute Gasteiger partial charge is 0.142 e. The van der Waals surface area contributed by atoms with Gasteiger partial charge in [-0.1, -0.05) is 38.7 Å². The third-order valence-corrected chi connectivity index (χ3v) is 2.01. The zero-order valence-corrected chi connectivity index (χ0v) is 8.41. The van der Waals surface area contributed by atoms with Crippen molar-refractivity contribution in [2.75, 3.05) is 0 Å². The molecule has 13 heavy (non-hydrogen) atoms. The molecule has 0 rings (SSSR count). The van der Waals surface area contributed by atoms with Crippen molar-refractivity contribution in [3.63, 3.8) is 0 Å². The van der Waals surface area contributed by atoms with E-state index in [1.54, 1.807) is 6.08 Å². The third-order valence-electron chi connectivity index (χ3n) is 2.01. The summed E-state index contributed by atoms with van der Waals surface area (Å²) in [7, 11) is 0. The molecule has 2 heteroatoms. The van der Waals surface area contributed by atoms with Gasteiger partial charge in [-0.15, -0.1) is 0 Å². The molecule has 0 aliphatic heterocycles. The van der Waals surface area contributed by atoms with Gasteiger partial charge in [0.1, 0.15) is 6.29 Å². The Bertz CT molecular complexity index is 141. The molecule has 0 amide bonds. The fourth-order valence-electron chi connectivity index (χ4n) is 1.22. The Hall–Kier alpha value is -0.630. The number of aliphatic hydroxyl groups excluding tert-OH is 1. The van der Waals surface area contributed by atoms with Crippen LogP contribution in [0, 0.1) is 0 Å². The Labute approximate surface area is 80.7 Å². The molecule has 1 atom stereocenters. The van der Waals surface area contributed by atoms with Crippen LogP contribution in [0.1, 0.15) is 45.4 Å². The summed E-state index contributed by atoms with van der Waals surface area (Å²) in [5.41, 5.74) is 0. The highest BCUT2D eigenvalue weighted by molar-refractivity contribution is 5.64. The molecule has 0 radical (unpaired) electrons. The number of carbonyl (C=O) groups excluding carboxylic acids is 1. The zero-order chi connectivity index (χ0) is 9.94. The molecule has 0 aromatic heterocycles. The molecular weight excluding hydrogens is 164 g/mol. The molecule has 0 bridgehead atoms. The van der Waals surface area contributed by atoms with Crippen LogP contribution in [-0.4, -0.2) is 17.5 Å². The topological polar surface area (TPSA) is 37.3 Å². The second-order valence-electron chi connectivity index (χ2n) is 3.30. The summed E-state index contributed by atoms with van der Waals surface area (Å²) < 4.78 is 0. The van der Waals surface area contributed by atoms with Gasteiger partial charge in [-0.3, -0.25) is 4.79 Å². The standard InChI is InChI=1S/C11H20O2/c1-2-3-4-5-8-11(13)9-6-7-10-12/h6-7,10-11,13H,2-5,8-9H2,1H3. The summed E-state index contributed by atoms with van der Waals surface area (Å²) in [6.07, 6.45) is 9.84. The molecule has 0 heterocycles. The van der Waals surface area contributed by atoms with Gasteiger partial charge in [-0.25, -0.2) is 0 Å². The maximum absolute atomic E-state index is 9.92. The molecule has 0 aromatic rings. The Balaban J connectivity index is 3.24. The average Bonchev–Trinajstić information content (AvgIpc) is 2.13. The number of carbonyl (C=O) groups is 1. The van der Waals surface area contributed by atoms with Gasteiger partial charge in [-0.05, 0) is 18.9 Å². The van der Waals surface area contributed by atoms with E-state index in [-0.39, 0.29) is 6.10 Å². The van der Waals surface area contributed by atoms with Crippen molar-refractivity contribution >= 4 is 6.29 Å². The predicted octanol–water partition coefficient (Wildman–Crippen LogP) is 2.46. The van der Waals surface area contributed by atoms with Crippen LogP contribution >= 0.6 is 0 Å².